The van der Waals surface area contributed by atoms with Crippen LogP contribution in [-0.2, 0) is 21.3 Å². The Bertz CT molecular complexity index is 442. The summed E-state index contributed by atoms with van der Waals surface area (Å²) in [6, 6.07) is 1.45. The van der Waals surface area contributed by atoms with E-state index >= 15 is 0 Å². The smallest absolute Gasteiger partial charge is 0.241 e. The predicted octanol–water partition coefficient (Wildman–Crippen LogP) is 0.781. The molecule has 1 atom stereocenters. The van der Waals surface area contributed by atoms with E-state index < -0.39 is 10.0 Å². The second kappa shape index (κ2) is 6.46. The largest absolute Gasteiger partial charge is 0.383 e. The molecule has 5 nitrogen and oxygen atoms in total. The lowest BCUT2D eigenvalue weighted by Gasteiger charge is -2.11. The summed E-state index contributed by atoms with van der Waals surface area (Å²) in [5.41, 5.74) is 0. The van der Waals surface area contributed by atoms with Crippen molar-refractivity contribution in [3.8, 4) is 0 Å². The topological polar surface area (TPSA) is 67.4 Å². The zero-order valence-corrected chi connectivity index (χ0v) is 11.8. The number of hydrogen-bond donors (Lipinski definition) is 2. The molecule has 7 heteroatoms. The van der Waals surface area contributed by atoms with Crippen LogP contribution in [0.5, 0.6) is 0 Å². The molecule has 0 amide bonds. The van der Waals surface area contributed by atoms with Gasteiger partial charge in [0.15, 0.2) is 0 Å². The van der Waals surface area contributed by atoms with Gasteiger partial charge in [-0.25, -0.2) is 13.1 Å². The minimum absolute atomic E-state index is 0.238. The van der Waals surface area contributed by atoms with E-state index in [9.17, 15) is 8.42 Å². The molecule has 0 saturated carbocycles. The lowest BCUT2D eigenvalue weighted by Crippen LogP contribution is -2.35. The third-order valence-electron chi connectivity index (χ3n) is 2.06. The van der Waals surface area contributed by atoms with Gasteiger partial charge in [-0.2, -0.15) is 0 Å². The summed E-state index contributed by atoms with van der Waals surface area (Å²) in [5.74, 6) is 0. The number of methoxy groups -OCH3 is 1. The Labute approximate surface area is 106 Å². The van der Waals surface area contributed by atoms with Crippen LogP contribution < -0.4 is 10.0 Å². The Morgan fingerprint density at radius 2 is 2.24 bits per heavy atom. The summed E-state index contributed by atoms with van der Waals surface area (Å²) in [6.07, 6.45) is 0. The fraction of sp³-hybridized carbons (Fsp3) is 0.600. The van der Waals surface area contributed by atoms with Gasteiger partial charge in [0.05, 0.1) is 11.5 Å². The molecule has 1 rings (SSSR count). The van der Waals surface area contributed by atoms with Gasteiger partial charge in [-0.15, -0.1) is 11.3 Å². The number of thiophene rings is 1. The summed E-state index contributed by atoms with van der Waals surface area (Å²) in [5, 5.41) is 4.63. The standard InChI is InChI=1S/C10H18N2O3S2/c1-8(6-15-3)12-17(13,14)10-4-9(5-11-2)16-7-10/h4,7-8,11-12H,5-6H2,1-3H3. The van der Waals surface area contributed by atoms with Crippen LogP contribution in [0, 0.1) is 0 Å². The summed E-state index contributed by atoms with van der Waals surface area (Å²) in [7, 11) is -0.0583. The van der Waals surface area contributed by atoms with Crippen LogP contribution in [-0.4, -0.2) is 35.2 Å². The van der Waals surface area contributed by atoms with Crippen LogP contribution in [0.2, 0.25) is 0 Å². The lowest BCUT2D eigenvalue weighted by molar-refractivity contribution is 0.180. The molecule has 1 heterocycles. The molecule has 0 bridgehead atoms. The first-order valence-electron chi connectivity index (χ1n) is 5.23. The van der Waals surface area contributed by atoms with Gasteiger partial charge in [0, 0.05) is 30.0 Å². The van der Waals surface area contributed by atoms with E-state index in [1.165, 1.54) is 11.3 Å². The lowest BCUT2D eigenvalue weighted by atomic mass is 10.4. The molecule has 0 aromatic carbocycles. The molecule has 2 N–H and O–H groups in total. The Balaban J connectivity index is 2.75. The molecule has 0 saturated heterocycles. The highest BCUT2D eigenvalue weighted by atomic mass is 32.2. The molecule has 17 heavy (non-hydrogen) atoms. The molecule has 0 aliphatic heterocycles. The van der Waals surface area contributed by atoms with Crippen molar-refractivity contribution in [3.05, 3.63) is 16.3 Å². The minimum Gasteiger partial charge on any atom is -0.383 e. The van der Waals surface area contributed by atoms with Crippen LogP contribution in [0.3, 0.4) is 0 Å². The molecule has 98 valence electrons. The van der Waals surface area contributed by atoms with Gasteiger partial charge in [0.1, 0.15) is 0 Å². The van der Waals surface area contributed by atoms with Gasteiger partial charge < -0.3 is 10.1 Å². The maximum atomic E-state index is 12.0. The maximum Gasteiger partial charge on any atom is 0.241 e. The molecule has 0 radical (unpaired) electrons. The van der Waals surface area contributed by atoms with Crippen LogP contribution >= 0.6 is 11.3 Å². The van der Waals surface area contributed by atoms with Crippen molar-refractivity contribution < 1.29 is 13.2 Å². The van der Waals surface area contributed by atoms with Crippen molar-refractivity contribution in [3.63, 3.8) is 0 Å². The van der Waals surface area contributed by atoms with E-state index in [2.05, 4.69) is 10.0 Å². The number of sulfonamides is 1. The normalized spacial score (nSPS) is 13.8. The first-order valence-corrected chi connectivity index (χ1v) is 7.59. The van der Waals surface area contributed by atoms with Crippen LogP contribution in [0.25, 0.3) is 0 Å². The van der Waals surface area contributed by atoms with Gasteiger partial charge in [-0.1, -0.05) is 0 Å². The monoisotopic (exact) mass is 278 g/mol. The second-order valence-corrected chi connectivity index (χ2v) is 6.47. The molecule has 0 aliphatic carbocycles. The third kappa shape index (κ3) is 4.36. The Kier molecular flexibility index (Phi) is 5.54. The zero-order valence-electron chi connectivity index (χ0n) is 10.2. The van der Waals surface area contributed by atoms with E-state index in [1.54, 1.807) is 25.5 Å². The van der Waals surface area contributed by atoms with Crippen molar-refractivity contribution >= 4 is 21.4 Å². The molecular weight excluding hydrogens is 260 g/mol. The third-order valence-corrected chi connectivity index (χ3v) is 4.72. The molecular formula is C10H18N2O3S2. The Morgan fingerprint density at radius 3 is 2.82 bits per heavy atom. The number of rotatable bonds is 7. The first kappa shape index (κ1) is 14.6. The van der Waals surface area contributed by atoms with Crippen LogP contribution in [0.4, 0.5) is 0 Å². The highest BCUT2D eigenvalue weighted by Gasteiger charge is 2.18. The minimum atomic E-state index is -3.43. The zero-order chi connectivity index (χ0) is 12.9. The van der Waals surface area contributed by atoms with Gasteiger partial charge in [-0.05, 0) is 20.0 Å². The summed E-state index contributed by atoms with van der Waals surface area (Å²) >= 11 is 1.43. The van der Waals surface area contributed by atoms with E-state index in [4.69, 9.17) is 4.74 Å². The molecule has 0 spiro atoms. The number of nitrogens with one attached hydrogen (secondary N) is 2. The average molecular weight is 278 g/mol. The highest BCUT2D eigenvalue weighted by Crippen LogP contribution is 2.19. The molecule has 0 aliphatic rings. The fourth-order valence-corrected chi connectivity index (χ4v) is 3.90. The summed E-state index contributed by atoms with van der Waals surface area (Å²) in [6.45, 7) is 2.79. The summed E-state index contributed by atoms with van der Waals surface area (Å²) in [4.78, 5) is 1.31. The highest BCUT2D eigenvalue weighted by molar-refractivity contribution is 7.89. The van der Waals surface area contributed by atoms with Crippen LogP contribution in [0.15, 0.2) is 16.3 Å². The predicted molar refractivity (Wildman–Crippen MR) is 68.7 cm³/mol. The van der Waals surface area contributed by atoms with Gasteiger partial charge in [-0.3, -0.25) is 0 Å². The molecule has 1 aromatic rings. The van der Waals surface area contributed by atoms with Gasteiger partial charge >= 0.3 is 0 Å². The second-order valence-electron chi connectivity index (χ2n) is 3.76. The SMILES string of the molecule is CNCc1cc(S(=O)(=O)NC(C)COC)cs1. The van der Waals surface area contributed by atoms with Crippen molar-refractivity contribution in [2.75, 3.05) is 20.8 Å². The first-order chi connectivity index (χ1) is 7.99. The number of ether oxygens (including phenoxy) is 1. The van der Waals surface area contributed by atoms with E-state index in [0.717, 1.165) is 4.88 Å². The van der Waals surface area contributed by atoms with Gasteiger partial charge in [0.25, 0.3) is 0 Å². The average Bonchev–Trinajstić information content (AvgIpc) is 2.67. The van der Waals surface area contributed by atoms with E-state index in [-0.39, 0.29) is 6.04 Å². The Morgan fingerprint density at radius 1 is 1.53 bits per heavy atom. The quantitative estimate of drug-likeness (QED) is 0.773. The van der Waals surface area contributed by atoms with E-state index in [1.807, 2.05) is 7.05 Å². The Hall–Kier alpha value is -0.470. The summed E-state index contributed by atoms with van der Waals surface area (Å²) < 4.78 is 31.4. The van der Waals surface area contributed by atoms with Crippen molar-refractivity contribution in [2.45, 2.75) is 24.4 Å². The van der Waals surface area contributed by atoms with Crippen molar-refractivity contribution in [2.24, 2.45) is 0 Å². The molecule has 1 aromatic heterocycles. The van der Waals surface area contributed by atoms with Crippen molar-refractivity contribution in [1.29, 1.82) is 0 Å². The molecule has 1 unspecified atom stereocenters. The van der Waals surface area contributed by atoms with Gasteiger partial charge in [0.2, 0.25) is 10.0 Å². The van der Waals surface area contributed by atoms with Crippen LogP contribution in [0.1, 0.15) is 11.8 Å². The number of hydrogen-bond acceptors (Lipinski definition) is 5. The fourth-order valence-electron chi connectivity index (χ4n) is 1.39. The van der Waals surface area contributed by atoms with Crippen molar-refractivity contribution in [1.82, 2.24) is 10.0 Å². The maximum absolute atomic E-state index is 12.0. The molecule has 0 fully saturated rings. The van der Waals surface area contributed by atoms with E-state index in [0.29, 0.717) is 18.0 Å².